The fourth-order valence-corrected chi connectivity index (χ4v) is 1.56. The van der Waals surface area contributed by atoms with Gasteiger partial charge in [0, 0.05) is 17.8 Å². The summed E-state index contributed by atoms with van der Waals surface area (Å²) < 4.78 is 1.89. The second-order valence-corrected chi connectivity index (χ2v) is 3.08. The van der Waals surface area contributed by atoms with E-state index in [0.717, 1.165) is 23.5 Å². The van der Waals surface area contributed by atoms with E-state index in [1.165, 1.54) is 6.08 Å². The van der Waals surface area contributed by atoms with Crippen LogP contribution in [0.3, 0.4) is 0 Å². The lowest BCUT2D eigenvalue weighted by Crippen LogP contribution is -2.00. The third kappa shape index (κ3) is 1.65. The minimum atomic E-state index is -0.597. The number of aliphatic hydroxyl groups is 1. The fourth-order valence-electron chi connectivity index (χ4n) is 1.56. The number of nitrogens with zero attached hydrogens (tertiary/aromatic N) is 2. The number of hydrogen-bond acceptors (Lipinski definition) is 2. The van der Waals surface area contributed by atoms with Gasteiger partial charge in [0.1, 0.15) is 6.10 Å². The molecule has 1 N–H and O–H groups in total. The highest BCUT2D eigenvalue weighted by Gasteiger charge is 2.15. The number of hydrogen-bond donors (Lipinski definition) is 1. The molecule has 0 fully saturated rings. The van der Waals surface area contributed by atoms with Crippen molar-refractivity contribution in [2.24, 2.45) is 0 Å². The normalized spacial score (nSPS) is 12.9. The molecule has 3 heteroatoms. The zero-order chi connectivity index (χ0) is 10.0. The summed E-state index contributed by atoms with van der Waals surface area (Å²) in [5.41, 5.74) is 2.79. The number of aliphatic hydroxyl groups excluding tert-OH is 1. The highest BCUT2D eigenvalue weighted by molar-refractivity contribution is 5.29. The van der Waals surface area contributed by atoms with Crippen LogP contribution < -0.4 is 0 Å². The van der Waals surface area contributed by atoms with Crippen LogP contribution in [0.25, 0.3) is 0 Å². The average Bonchev–Trinajstić information content (AvgIpc) is 2.40. The molecule has 1 heterocycles. The van der Waals surface area contributed by atoms with Crippen molar-refractivity contribution in [1.82, 2.24) is 9.78 Å². The molecule has 0 saturated heterocycles. The first-order chi connectivity index (χ1) is 6.11. The third-order valence-corrected chi connectivity index (χ3v) is 2.26. The predicted molar refractivity (Wildman–Crippen MR) is 52.5 cm³/mol. The largest absolute Gasteiger partial charge is 0.384 e. The molecule has 0 aliphatic carbocycles. The van der Waals surface area contributed by atoms with Crippen LogP contribution in [-0.4, -0.2) is 14.9 Å². The van der Waals surface area contributed by atoms with E-state index in [9.17, 15) is 5.11 Å². The summed E-state index contributed by atoms with van der Waals surface area (Å²) in [5.74, 6) is 0. The maximum atomic E-state index is 9.63. The summed E-state index contributed by atoms with van der Waals surface area (Å²) in [7, 11) is 0. The Bertz CT molecular complexity index is 315. The van der Waals surface area contributed by atoms with Gasteiger partial charge in [-0.25, -0.2) is 0 Å². The van der Waals surface area contributed by atoms with E-state index in [2.05, 4.69) is 11.7 Å². The molecule has 0 amide bonds. The van der Waals surface area contributed by atoms with E-state index < -0.39 is 6.10 Å². The Morgan fingerprint density at radius 3 is 2.62 bits per heavy atom. The Labute approximate surface area is 78.7 Å². The highest BCUT2D eigenvalue weighted by Crippen LogP contribution is 2.21. The summed E-state index contributed by atoms with van der Waals surface area (Å²) in [6.07, 6.45) is 0.928. The first-order valence-electron chi connectivity index (χ1n) is 4.46. The summed E-state index contributed by atoms with van der Waals surface area (Å²) in [6, 6.07) is 0. The standard InChI is InChI=1S/C10H16N2O/c1-5-9(13)10-7(3)11-12(6-2)8(10)4/h5,9,13H,1,6H2,2-4H3. The van der Waals surface area contributed by atoms with Crippen LogP contribution in [0.5, 0.6) is 0 Å². The van der Waals surface area contributed by atoms with Crippen molar-refractivity contribution in [2.75, 3.05) is 0 Å². The number of aromatic nitrogens is 2. The maximum absolute atomic E-state index is 9.63. The summed E-state index contributed by atoms with van der Waals surface area (Å²) in [4.78, 5) is 0. The van der Waals surface area contributed by atoms with E-state index in [1.54, 1.807) is 0 Å². The molecule has 1 rings (SSSR count). The Morgan fingerprint density at radius 2 is 2.23 bits per heavy atom. The third-order valence-electron chi connectivity index (χ3n) is 2.26. The molecule has 3 nitrogen and oxygen atoms in total. The van der Waals surface area contributed by atoms with Crippen molar-refractivity contribution in [2.45, 2.75) is 33.4 Å². The Hall–Kier alpha value is -1.09. The lowest BCUT2D eigenvalue weighted by Gasteiger charge is -2.05. The van der Waals surface area contributed by atoms with Crippen molar-refractivity contribution >= 4 is 0 Å². The summed E-state index contributed by atoms with van der Waals surface area (Å²) >= 11 is 0. The maximum Gasteiger partial charge on any atom is 0.100 e. The van der Waals surface area contributed by atoms with Gasteiger partial charge < -0.3 is 5.11 Å². The Kier molecular flexibility index (Phi) is 2.88. The SMILES string of the molecule is C=CC(O)c1c(C)nn(CC)c1C. The minimum absolute atomic E-state index is 0.597. The molecule has 0 bridgehead atoms. The molecule has 0 saturated carbocycles. The molecule has 0 aliphatic heterocycles. The zero-order valence-electron chi connectivity index (χ0n) is 8.41. The molecule has 1 aromatic rings. The van der Waals surface area contributed by atoms with E-state index in [0.29, 0.717) is 0 Å². The van der Waals surface area contributed by atoms with Gasteiger partial charge in [-0.1, -0.05) is 6.08 Å². The summed E-state index contributed by atoms with van der Waals surface area (Å²) in [6.45, 7) is 10.3. The van der Waals surface area contributed by atoms with Crippen LogP contribution >= 0.6 is 0 Å². The van der Waals surface area contributed by atoms with Crippen LogP contribution in [0.4, 0.5) is 0 Å². The van der Waals surface area contributed by atoms with Crippen LogP contribution in [0, 0.1) is 13.8 Å². The Morgan fingerprint density at radius 1 is 1.62 bits per heavy atom. The van der Waals surface area contributed by atoms with Crippen molar-refractivity contribution in [3.05, 3.63) is 29.6 Å². The molecular weight excluding hydrogens is 164 g/mol. The van der Waals surface area contributed by atoms with Gasteiger partial charge in [-0.3, -0.25) is 4.68 Å². The van der Waals surface area contributed by atoms with Gasteiger partial charge >= 0.3 is 0 Å². The monoisotopic (exact) mass is 180 g/mol. The number of rotatable bonds is 3. The molecule has 1 aromatic heterocycles. The van der Waals surface area contributed by atoms with Gasteiger partial charge in [0.25, 0.3) is 0 Å². The van der Waals surface area contributed by atoms with E-state index in [4.69, 9.17) is 0 Å². The van der Waals surface area contributed by atoms with Crippen molar-refractivity contribution in [3.63, 3.8) is 0 Å². The lowest BCUT2D eigenvalue weighted by molar-refractivity contribution is 0.227. The zero-order valence-corrected chi connectivity index (χ0v) is 8.41. The van der Waals surface area contributed by atoms with Gasteiger partial charge in [0.15, 0.2) is 0 Å². The molecule has 72 valence electrons. The Balaban J connectivity index is 3.19. The van der Waals surface area contributed by atoms with Crippen LogP contribution in [0.2, 0.25) is 0 Å². The number of aryl methyl sites for hydroxylation is 2. The van der Waals surface area contributed by atoms with Gasteiger partial charge in [-0.05, 0) is 20.8 Å². The van der Waals surface area contributed by atoms with Crippen LogP contribution in [0.1, 0.15) is 30.0 Å². The molecule has 0 spiro atoms. The van der Waals surface area contributed by atoms with Crippen molar-refractivity contribution in [3.8, 4) is 0 Å². The summed E-state index contributed by atoms with van der Waals surface area (Å²) in [5, 5.41) is 13.9. The molecular formula is C10H16N2O. The van der Waals surface area contributed by atoms with E-state index >= 15 is 0 Å². The van der Waals surface area contributed by atoms with Gasteiger partial charge in [-0.2, -0.15) is 5.10 Å². The van der Waals surface area contributed by atoms with Crippen LogP contribution in [0.15, 0.2) is 12.7 Å². The second-order valence-electron chi connectivity index (χ2n) is 3.08. The topological polar surface area (TPSA) is 38.1 Å². The predicted octanol–water partition coefficient (Wildman–Crippen LogP) is 1.74. The van der Waals surface area contributed by atoms with Crippen molar-refractivity contribution < 1.29 is 5.11 Å². The van der Waals surface area contributed by atoms with Crippen molar-refractivity contribution in [1.29, 1.82) is 0 Å². The van der Waals surface area contributed by atoms with Crippen LogP contribution in [-0.2, 0) is 6.54 Å². The average molecular weight is 180 g/mol. The second kappa shape index (κ2) is 3.75. The molecule has 0 aromatic carbocycles. The van der Waals surface area contributed by atoms with E-state index in [-0.39, 0.29) is 0 Å². The molecule has 13 heavy (non-hydrogen) atoms. The van der Waals surface area contributed by atoms with Gasteiger partial charge in [-0.15, -0.1) is 6.58 Å². The van der Waals surface area contributed by atoms with E-state index in [1.807, 2.05) is 25.5 Å². The van der Waals surface area contributed by atoms with Gasteiger partial charge in [0.05, 0.1) is 5.69 Å². The highest BCUT2D eigenvalue weighted by atomic mass is 16.3. The minimum Gasteiger partial charge on any atom is -0.384 e. The molecule has 1 unspecified atom stereocenters. The quantitative estimate of drug-likeness (QED) is 0.719. The molecule has 0 radical (unpaired) electrons. The molecule has 0 aliphatic rings. The molecule has 1 atom stereocenters. The first kappa shape index (κ1) is 9.99. The lowest BCUT2D eigenvalue weighted by atomic mass is 10.1. The fraction of sp³-hybridized carbons (Fsp3) is 0.500. The smallest absolute Gasteiger partial charge is 0.100 e. The van der Waals surface area contributed by atoms with Gasteiger partial charge in [0.2, 0.25) is 0 Å². The first-order valence-corrected chi connectivity index (χ1v) is 4.46.